The number of carbonyl (C=O) groups excluding carboxylic acids is 2. The van der Waals surface area contributed by atoms with Gasteiger partial charge in [-0.3, -0.25) is 4.79 Å². The topological polar surface area (TPSA) is 61.9 Å². The highest BCUT2D eigenvalue weighted by atomic mass is 16.5. The molecular weight excluding hydrogens is 282 g/mol. The van der Waals surface area contributed by atoms with Crippen LogP contribution < -0.4 is 5.32 Å². The zero-order chi connectivity index (χ0) is 15.5. The summed E-state index contributed by atoms with van der Waals surface area (Å²) in [6.07, 6.45) is 0.556. The first-order valence-corrected chi connectivity index (χ1v) is 7.66. The number of urea groups is 1. The molecule has 1 atom stereocenters. The number of hydrogen-bond acceptors (Lipinski definition) is 3. The highest BCUT2D eigenvalue weighted by molar-refractivity contribution is 5.89. The lowest BCUT2D eigenvalue weighted by atomic mass is 10.1. The number of nitrogens with zero attached hydrogens (tertiary/aromatic N) is 2. The molecule has 3 amide bonds. The predicted octanol–water partition coefficient (Wildman–Crippen LogP) is 1.46. The molecule has 1 N–H and O–H groups in total. The maximum atomic E-state index is 12.2. The van der Waals surface area contributed by atoms with Crippen LogP contribution in [0.25, 0.3) is 0 Å². The molecule has 6 heteroatoms. The van der Waals surface area contributed by atoms with Gasteiger partial charge in [0, 0.05) is 38.3 Å². The molecule has 6 nitrogen and oxygen atoms in total. The largest absolute Gasteiger partial charge is 0.368 e. The van der Waals surface area contributed by atoms with Gasteiger partial charge < -0.3 is 19.9 Å². The highest BCUT2D eigenvalue weighted by Gasteiger charge is 2.32. The SMILES string of the molecule is Cc1ccc(NC(=O)N2CCN(C(=O)[C@H]3CCO3)CC2)cc1. The lowest BCUT2D eigenvalue weighted by Crippen LogP contribution is -2.55. The van der Waals surface area contributed by atoms with Crippen LogP contribution in [-0.4, -0.2) is 60.6 Å². The molecule has 0 saturated carbocycles. The van der Waals surface area contributed by atoms with Crippen LogP contribution >= 0.6 is 0 Å². The lowest BCUT2D eigenvalue weighted by molar-refractivity contribution is -0.157. The maximum absolute atomic E-state index is 12.2. The minimum Gasteiger partial charge on any atom is -0.368 e. The lowest BCUT2D eigenvalue weighted by Gasteiger charge is -2.38. The van der Waals surface area contributed by atoms with Crippen LogP contribution in [0.5, 0.6) is 0 Å². The first-order chi connectivity index (χ1) is 10.6. The van der Waals surface area contributed by atoms with E-state index in [0.29, 0.717) is 32.8 Å². The zero-order valence-electron chi connectivity index (χ0n) is 12.7. The van der Waals surface area contributed by atoms with Crippen molar-refractivity contribution < 1.29 is 14.3 Å². The second kappa shape index (κ2) is 6.36. The van der Waals surface area contributed by atoms with E-state index in [9.17, 15) is 9.59 Å². The number of rotatable bonds is 2. The fraction of sp³-hybridized carbons (Fsp3) is 0.500. The third-order valence-corrected chi connectivity index (χ3v) is 4.16. The molecule has 0 bridgehead atoms. The molecule has 3 rings (SSSR count). The van der Waals surface area contributed by atoms with Gasteiger partial charge in [-0.1, -0.05) is 17.7 Å². The van der Waals surface area contributed by atoms with Crippen molar-refractivity contribution in [1.82, 2.24) is 9.80 Å². The smallest absolute Gasteiger partial charge is 0.321 e. The summed E-state index contributed by atoms with van der Waals surface area (Å²) in [5.41, 5.74) is 1.94. The molecule has 0 radical (unpaired) electrons. The van der Waals surface area contributed by atoms with E-state index >= 15 is 0 Å². The average Bonchev–Trinajstić information content (AvgIpc) is 2.48. The van der Waals surface area contributed by atoms with E-state index in [1.54, 1.807) is 9.80 Å². The Kier molecular flexibility index (Phi) is 4.29. The molecule has 2 heterocycles. The Labute approximate surface area is 130 Å². The van der Waals surface area contributed by atoms with Gasteiger partial charge >= 0.3 is 6.03 Å². The summed E-state index contributed by atoms with van der Waals surface area (Å²) in [6, 6.07) is 7.59. The van der Waals surface area contributed by atoms with E-state index in [1.807, 2.05) is 31.2 Å². The number of amides is 3. The summed E-state index contributed by atoms with van der Waals surface area (Å²) in [6.45, 7) is 4.93. The van der Waals surface area contributed by atoms with Crippen LogP contribution in [0.15, 0.2) is 24.3 Å². The number of carbonyl (C=O) groups is 2. The van der Waals surface area contributed by atoms with Crippen molar-refractivity contribution in [2.24, 2.45) is 0 Å². The van der Waals surface area contributed by atoms with Crippen molar-refractivity contribution >= 4 is 17.6 Å². The van der Waals surface area contributed by atoms with Gasteiger partial charge in [0.15, 0.2) is 0 Å². The summed E-state index contributed by atoms with van der Waals surface area (Å²) in [7, 11) is 0. The van der Waals surface area contributed by atoms with E-state index in [1.165, 1.54) is 0 Å². The Hall–Kier alpha value is -2.08. The molecule has 118 valence electrons. The average molecular weight is 303 g/mol. The molecule has 2 saturated heterocycles. The van der Waals surface area contributed by atoms with Gasteiger partial charge in [0.25, 0.3) is 5.91 Å². The molecule has 1 aromatic rings. The van der Waals surface area contributed by atoms with E-state index in [4.69, 9.17) is 4.74 Å². The quantitative estimate of drug-likeness (QED) is 0.900. The monoisotopic (exact) mass is 303 g/mol. The molecule has 2 aliphatic heterocycles. The van der Waals surface area contributed by atoms with Crippen molar-refractivity contribution in [3.05, 3.63) is 29.8 Å². The Bertz CT molecular complexity index is 546. The van der Waals surface area contributed by atoms with Crippen LogP contribution in [0.1, 0.15) is 12.0 Å². The zero-order valence-corrected chi connectivity index (χ0v) is 12.7. The van der Waals surface area contributed by atoms with Crippen molar-refractivity contribution in [2.75, 3.05) is 38.1 Å². The first-order valence-electron chi connectivity index (χ1n) is 7.66. The van der Waals surface area contributed by atoms with Gasteiger partial charge in [0.2, 0.25) is 0 Å². The van der Waals surface area contributed by atoms with Gasteiger partial charge in [-0.05, 0) is 19.1 Å². The summed E-state index contributed by atoms with van der Waals surface area (Å²) in [4.78, 5) is 27.8. The number of hydrogen-bond donors (Lipinski definition) is 1. The second-order valence-corrected chi connectivity index (χ2v) is 5.76. The molecule has 22 heavy (non-hydrogen) atoms. The van der Waals surface area contributed by atoms with Crippen molar-refractivity contribution in [3.63, 3.8) is 0 Å². The highest BCUT2D eigenvalue weighted by Crippen LogP contribution is 2.16. The number of aryl methyl sites for hydroxylation is 1. The Balaban J connectivity index is 1.49. The molecule has 0 aromatic heterocycles. The summed E-state index contributed by atoms with van der Waals surface area (Å²) < 4.78 is 5.22. The Morgan fingerprint density at radius 1 is 1.09 bits per heavy atom. The molecule has 0 aliphatic carbocycles. The molecule has 2 aliphatic rings. The van der Waals surface area contributed by atoms with E-state index < -0.39 is 0 Å². The van der Waals surface area contributed by atoms with Crippen LogP contribution in [0.3, 0.4) is 0 Å². The van der Waals surface area contributed by atoms with Crippen molar-refractivity contribution in [3.8, 4) is 0 Å². The number of benzene rings is 1. The van der Waals surface area contributed by atoms with Crippen molar-refractivity contribution in [1.29, 1.82) is 0 Å². The van der Waals surface area contributed by atoms with Gasteiger partial charge in [0.1, 0.15) is 6.10 Å². The van der Waals surface area contributed by atoms with Gasteiger partial charge in [-0.25, -0.2) is 4.79 Å². The third kappa shape index (κ3) is 3.22. The minimum absolute atomic E-state index is 0.0600. The van der Waals surface area contributed by atoms with Gasteiger partial charge in [-0.15, -0.1) is 0 Å². The minimum atomic E-state index is -0.257. The Morgan fingerprint density at radius 2 is 1.68 bits per heavy atom. The van der Waals surface area contributed by atoms with E-state index in [-0.39, 0.29) is 18.0 Å². The molecule has 0 unspecified atom stereocenters. The number of nitrogens with one attached hydrogen (secondary N) is 1. The van der Waals surface area contributed by atoms with Gasteiger partial charge in [-0.2, -0.15) is 0 Å². The van der Waals surface area contributed by atoms with Gasteiger partial charge in [0.05, 0.1) is 6.61 Å². The maximum Gasteiger partial charge on any atom is 0.321 e. The van der Waals surface area contributed by atoms with E-state index in [2.05, 4.69) is 5.32 Å². The fourth-order valence-corrected chi connectivity index (χ4v) is 2.60. The molecule has 2 fully saturated rings. The predicted molar refractivity (Wildman–Crippen MR) is 82.7 cm³/mol. The number of anilines is 1. The third-order valence-electron chi connectivity index (χ3n) is 4.16. The Morgan fingerprint density at radius 3 is 2.23 bits per heavy atom. The fourth-order valence-electron chi connectivity index (χ4n) is 2.60. The molecule has 0 spiro atoms. The van der Waals surface area contributed by atoms with E-state index in [0.717, 1.165) is 17.7 Å². The van der Waals surface area contributed by atoms with Crippen LogP contribution in [0, 0.1) is 6.92 Å². The number of piperazine rings is 1. The second-order valence-electron chi connectivity index (χ2n) is 5.76. The standard InChI is InChI=1S/C16H21N3O3/c1-12-2-4-13(5-3-12)17-16(21)19-9-7-18(8-10-19)15(20)14-6-11-22-14/h2-5,14H,6-11H2,1H3,(H,17,21)/t14-/m1/s1. The summed E-state index contributed by atoms with van der Waals surface area (Å²) in [5, 5.41) is 2.89. The van der Waals surface area contributed by atoms with Crippen LogP contribution in [0.2, 0.25) is 0 Å². The summed E-state index contributed by atoms with van der Waals surface area (Å²) in [5.74, 6) is 0.0600. The van der Waals surface area contributed by atoms with Crippen molar-refractivity contribution in [2.45, 2.75) is 19.4 Å². The first kappa shape index (κ1) is 14.8. The van der Waals surface area contributed by atoms with Crippen LogP contribution in [0.4, 0.5) is 10.5 Å². The normalized spacial score (nSPS) is 21.2. The summed E-state index contributed by atoms with van der Waals surface area (Å²) >= 11 is 0. The molecular formula is C16H21N3O3. The van der Waals surface area contributed by atoms with Crippen LogP contribution in [-0.2, 0) is 9.53 Å². The molecule has 1 aromatic carbocycles. The number of ether oxygens (including phenoxy) is 1.